The van der Waals surface area contributed by atoms with E-state index in [4.69, 9.17) is 4.74 Å². The highest BCUT2D eigenvalue weighted by Gasteiger charge is 2.31. The number of amides is 1. The van der Waals surface area contributed by atoms with Crippen molar-refractivity contribution in [3.63, 3.8) is 0 Å². The largest absolute Gasteiger partial charge is 0.573 e. The van der Waals surface area contributed by atoms with Gasteiger partial charge in [0, 0.05) is 43.9 Å². The number of hydrogen-bond acceptors (Lipinski definition) is 6. The molecule has 3 heterocycles. The van der Waals surface area contributed by atoms with Crippen LogP contribution in [0.3, 0.4) is 0 Å². The van der Waals surface area contributed by atoms with Crippen LogP contribution in [-0.4, -0.2) is 62.0 Å². The van der Waals surface area contributed by atoms with Crippen LogP contribution in [0.2, 0.25) is 0 Å². The van der Waals surface area contributed by atoms with Gasteiger partial charge in [0.2, 0.25) is 11.8 Å². The number of piperidine rings is 2. The summed E-state index contributed by atoms with van der Waals surface area (Å²) in [6.07, 6.45) is -0.0232. The lowest BCUT2D eigenvalue weighted by Crippen LogP contribution is -2.41. The third-order valence-electron chi connectivity index (χ3n) is 7.24. The number of nitrogens with zero attached hydrogens (tertiary/aromatic N) is 3. The lowest BCUT2D eigenvalue weighted by molar-refractivity contribution is -0.274. The van der Waals surface area contributed by atoms with Crippen LogP contribution in [0.25, 0.3) is 0 Å². The van der Waals surface area contributed by atoms with Crippen molar-refractivity contribution in [2.45, 2.75) is 45.0 Å². The van der Waals surface area contributed by atoms with Crippen LogP contribution in [0.1, 0.15) is 37.8 Å². The molecule has 2 aromatic rings. The summed E-state index contributed by atoms with van der Waals surface area (Å²) in [6, 6.07) is 11.7. The van der Waals surface area contributed by atoms with Gasteiger partial charge in [-0.1, -0.05) is 6.07 Å². The molecule has 0 aliphatic carbocycles. The van der Waals surface area contributed by atoms with Crippen LogP contribution < -0.4 is 19.7 Å². The van der Waals surface area contributed by atoms with E-state index in [9.17, 15) is 18.0 Å². The Labute approximate surface area is 215 Å². The van der Waals surface area contributed by atoms with Crippen molar-refractivity contribution in [1.82, 2.24) is 15.2 Å². The second-order valence-corrected chi connectivity index (χ2v) is 9.77. The van der Waals surface area contributed by atoms with Gasteiger partial charge in [-0.05, 0) is 81.4 Å². The Morgan fingerprint density at radius 3 is 2.38 bits per heavy atom. The van der Waals surface area contributed by atoms with Gasteiger partial charge in [-0.3, -0.25) is 9.69 Å². The van der Waals surface area contributed by atoms with Crippen LogP contribution in [0.4, 0.5) is 18.9 Å². The smallest absolute Gasteiger partial charge is 0.481 e. The van der Waals surface area contributed by atoms with Crippen molar-refractivity contribution in [1.29, 1.82) is 0 Å². The first-order chi connectivity index (χ1) is 17.8. The summed E-state index contributed by atoms with van der Waals surface area (Å²) in [5, 5.41) is 3.13. The zero-order chi connectivity index (χ0) is 26.3. The second-order valence-electron chi connectivity index (χ2n) is 9.77. The number of likely N-dealkylation sites (tertiary alicyclic amines) is 1. The third kappa shape index (κ3) is 8.24. The molecule has 0 saturated carbocycles. The molecule has 0 radical (unpaired) electrons. The van der Waals surface area contributed by atoms with E-state index in [0.717, 1.165) is 63.1 Å². The maximum Gasteiger partial charge on any atom is 0.573 e. The van der Waals surface area contributed by atoms with Gasteiger partial charge in [0.05, 0.1) is 12.8 Å². The van der Waals surface area contributed by atoms with Gasteiger partial charge in [0.15, 0.2) is 0 Å². The Kier molecular flexibility index (Phi) is 9.13. The zero-order valence-corrected chi connectivity index (χ0v) is 21.2. The number of methoxy groups -OCH3 is 1. The molecule has 10 heteroatoms. The summed E-state index contributed by atoms with van der Waals surface area (Å²) >= 11 is 0. The van der Waals surface area contributed by atoms with E-state index in [2.05, 4.69) is 24.8 Å². The number of pyridine rings is 1. The molecule has 2 saturated heterocycles. The van der Waals surface area contributed by atoms with Gasteiger partial charge >= 0.3 is 6.36 Å². The van der Waals surface area contributed by atoms with E-state index < -0.39 is 6.36 Å². The number of alkyl halides is 3. The van der Waals surface area contributed by atoms with Gasteiger partial charge in [-0.2, -0.15) is 0 Å². The molecular weight excluding hydrogens is 485 g/mol. The first-order valence-electron chi connectivity index (χ1n) is 12.9. The number of benzene rings is 1. The maximum absolute atomic E-state index is 12.7. The molecule has 1 N–H and O–H groups in total. The maximum atomic E-state index is 12.7. The molecule has 0 atom stereocenters. The molecule has 0 spiro atoms. The first-order valence-corrected chi connectivity index (χ1v) is 12.9. The fourth-order valence-electron chi connectivity index (χ4n) is 5.12. The van der Waals surface area contributed by atoms with Crippen LogP contribution in [0.5, 0.6) is 11.6 Å². The lowest BCUT2D eigenvalue weighted by Gasteiger charge is -2.33. The van der Waals surface area contributed by atoms with E-state index in [1.54, 1.807) is 19.2 Å². The summed E-state index contributed by atoms with van der Waals surface area (Å²) in [5.74, 6) is 1.10. The highest BCUT2D eigenvalue weighted by Crippen LogP contribution is 2.28. The number of carbonyl (C=O) groups is 1. The molecule has 4 rings (SSSR count). The van der Waals surface area contributed by atoms with Gasteiger partial charge in [0.1, 0.15) is 5.75 Å². The highest BCUT2D eigenvalue weighted by atomic mass is 19.4. The van der Waals surface area contributed by atoms with Crippen LogP contribution in [-0.2, 0) is 11.3 Å². The molecule has 0 unspecified atom stereocenters. The molecule has 202 valence electrons. The number of nitrogens with one attached hydrogen (secondary N) is 1. The van der Waals surface area contributed by atoms with Crippen LogP contribution in [0, 0.1) is 11.8 Å². The molecule has 1 amide bonds. The normalized spacial score (nSPS) is 18.0. The van der Waals surface area contributed by atoms with Gasteiger partial charge in [-0.25, -0.2) is 4.98 Å². The highest BCUT2D eigenvalue weighted by molar-refractivity contribution is 5.79. The lowest BCUT2D eigenvalue weighted by atomic mass is 9.92. The van der Waals surface area contributed by atoms with Crippen molar-refractivity contribution in [3.8, 4) is 11.6 Å². The summed E-state index contributed by atoms with van der Waals surface area (Å²) < 4.78 is 46.2. The van der Waals surface area contributed by atoms with Crippen molar-refractivity contribution in [2.24, 2.45) is 11.8 Å². The average molecular weight is 521 g/mol. The zero-order valence-electron chi connectivity index (χ0n) is 21.2. The summed E-state index contributed by atoms with van der Waals surface area (Å²) in [4.78, 5) is 21.7. The third-order valence-corrected chi connectivity index (χ3v) is 7.24. The van der Waals surface area contributed by atoms with E-state index >= 15 is 0 Å². The predicted molar refractivity (Wildman–Crippen MR) is 134 cm³/mol. The monoisotopic (exact) mass is 520 g/mol. The summed E-state index contributed by atoms with van der Waals surface area (Å²) in [6.45, 7) is 4.96. The molecule has 0 bridgehead atoms. The van der Waals surface area contributed by atoms with E-state index in [-0.39, 0.29) is 17.6 Å². The van der Waals surface area contributed by atoms with Gasteiger partial charge in [0.25, 0.3) is 0 Å². The van der Waals surface area contributed by atoms with Gasteiger partial charge < -0.3 is 19.7 Å². The molecule has 1 aromatic carbocycles. The number of aromatic nitrogens is 1. The minimum atomic E-state index is -4.69. The molecule has 2 aliphatic heterocycles. The average Bonchev–Trinajstić information content (AvgIpc) is 2.89. The Bertz CT molecular complexity index is 1000. The van der Waals surface area contributed by atoms with Crippen LogP contribution in [0.15, 0.2) is 42.5 Å². The number of hydrogen-bond donors (Lipinski definition) is 1. The minimum absolute atomic E-state index is 0.0266. The fraction of sp³-hybridized carbons (Fsp3) is 0.556. The van der Waals surface area contributed by atoms with E-state index in [0.29, 0.717) is 31.4 Å². The van der Waals surface area contributed by atoms with Crippen molar-refractivity contribution in [2.75, 3.05) is 44.7 Å². The molecular formula is C27H35F3N4O3. The Morgan fingerprint density at radius 1 is 1.03 bits per heavy atom. The quantitative estimate of drug-likeness (QED) is 0.521. The standard InChI is InChI=1S/C27H35F3N4O3/c1-36-25-4-2-3-22(32-25)19-33-15-10-20(11-16-33)9-14-31-26(35)21-12-17-34(18-13-21)23-5-7-24(8-6-23)37-27(28,29)30/h2-8,20-21H,9-19H2,1H3,(H,31,35). The first kappa shape index (κ1) is 27.0. The van der Waals surface area contributed by atoms with E-state index in [1.807, 2.05) is 18.2 Å². The number of ether oxygens (including phenoxy) is 2. The number of halogens is 3. The van der Waals surface area contributed by atoms with Crippen molar-refractivity contribution >= 4 is 11.6 Å². The number of carbonyl (C=O) groups excluding carboxylic acids is 1. The SMILES string of the molecule is COc1cccc(CN2CCC(CCNC(=O)C3CCN(c4ccc(OC(F)(F)F)cc4)CC3)CC2)n1. The molecule has 1 aromatic heterocycles. The van der Waals surface area contributed by atoms with Crippen LogP contribution >= 0.6 is 0 Å². The Balaban J connectivity index is 1.11. The summed E-state index contributed by atoms with van der Waals surface area (Å²) in [5.41, 5.74) is 1.85. The number of anilines is 1. The van der Waals surface area contributed by atoms with Crippen molar-refractivity contribution in [3.05, 3.63) is 48.2 Å². The molecule has 7 nitrogen and oxygen atoms in total. The van der Waals surface area contributed by atoms with Gasteiger partial charge in [-0.15, -0.1) is 13.2 Å². The Hall–Kier alpha value is -3.01. The molecule has 2 fully saturated rings. The molecule has 37 heavy (non-hydrogen) atoms. The number of rotatable bonds is 9. The van der Waals surface area contributed by atoms with Crippen molar-refractivity contribution < 1.29 is 27.4 Å². The fourth-order valence-corrected chi connectivity index (χ4v) is 5.12. The minimum Gasteiger partial charge on any atom is -0.481 e. The second kappa shape index (κ2) is 12.5. The molecule has 2 aliphatic rings. The van der Waals surface area contributed by atoms with E-state index in [1.165, 1.54) is 12.1 Å². The topological polar surface area (TPSA) is 66.9 Å². The predicted octanol–water partition coefficient (Wildman–Crippen LogP) is 4.62. The summed E-state index contributed by atoms with van der Waals surface area (Å²) in [7, 11) is 1.63. The Morgan fingerprint density at radius 2 is 1.73 bits per heavy atom.